The van der Waals surface area contributed by atoms with Crippen LogP contribution in [0.15, 0.2) is 49.1 Å². The van der Waals surface area contributed by atoms with Crippen LogP contribution in [0.3, 0.4) is 0 Å². The van der Waals surface area contributed by atoms with Crippen LogP contribution in [0.1, 0.15) is 5.56 Å². The molecule has 0 fully saturated rings. The number of carboxylic acids is 1. The van der Waals surface area contributed by atoms with E-state index in [1.807, 2.05) is 36.4 Å². The molecule has 0 aliphatic carbocycles. The fourth-order valence-electron chi connectivity index (χ4n) is 0.773. The van der Waals surface area contributed by atoms with E-state index in [1.165, 1.54) is 11.0 Å². The van der Waals surface area contributed by atoms with E-state index in [4.69, 9.17) is 10.3 Å². The summed E-state index contributed by atoms with van der Waals surface area (Å²) in [6.07, 6.45) is 3.15. The van der Waals surface area contributed by atoms with Gasteiger partial charge in [0.15, 0.2) is 0 Å². The molecule has 0 saturated carbocycles. The van der Waals surface area contributed by atoms with Crippen LogP contribution in [0.25, 0.3) is 6.08 Å². The minimum absolute atomic E-state index is 0.617. The van der Waals surface area contributed by atoms with Gasteiger partial charge in [-0.3, -0.25) is 10.0 Å². The van der Waals surface area contributed by atoms with Gasteiger partial charge < -0.3 is 5.11 Å². The first-order chi connectivity index (χ1) is 8.10. The molecule has 3 N–H and O–H groups in total. The van der Waals surface area contributed by atoms with Gasteiger partial charge in [0.1, 0.15) is 0 Å². The van der Waals surface area contributed by atoms with Crippen molar-refractivity contribution in [3.8, 4) is 0 Å². The van der Waals surface area contributed by atoms with Gasteiger partial charge in [-0.15, -0.1) is 0 Å². The van der Waals surface area contributed by atoms with E-state index in [2.05, 4.69) is 6.58 Å². The summed E-state index contributed by atoms with van der Waals surface area (Å²) in [5, 5.41) is 15.7. The molecule has 0 saturated heterocycles. The van der Waals surface area contributed by atoms with Crippen molar-refractivity contribution in [1.29, 1.82) is 0 Å². The summed E-state index contributed by atoms with van der Waals surface area (Å²) in [5.74, 6) is -2.10. The van der Waals surface area contributed by atoms with Crippen LogP contribution in [-0.2, 0) is 9.59 Å². The lowest BCUT2D eigenvalue weighted by molar-refractivity contribution is -0.132. The van der Waals surface area contributed by atoms with Crippen LogP contribution in [0.2, 0.25) is 0 Å². The first-order valence-corrected chi connectivity index (χ1v) is 4.62. The molecule has 5 nitrogen and oxygen atoms in total. The van der Waals surface area contributed by atoms with E-state index < -0.39 is 11.9 Å². The standard InChI is InChI=1S/C8H8.C4H5NO4/c1-2-8-6-4-3-5-7-8;6-3(5-9)1-2-4(7)8/h2-7H,1H2;1-2,9H,(H,5,6)(H,7,8). The third-order valence-electron chi connectivity index (χ3n) is 1.52. The molecule has 1 aromatic carbocycles. The monoisotopic (exact) mass is 235 g/mol. The molecule has 90 valence electrons. The minimum Gasteiger partial charge on any atom is -0.478 e. The lowest BCUT2D eigenvalue weighted by atomic mass is 10.2. The van der Waals surface area contributed by atoms with E-state index >= 15 is 0 Å². The smallest absolute Gasteiger partial charge is 0.328 e. The number of aliphatic carboxylic acids is 1. The van der Waals surface area contributed by atoms with Crippen LogP contribution in [0.5, 0.6) is 0 Å². The Kier molecular flexibility index (Phi) is 7.62. The quantitative estimate of drug-likeness (QED) is 0.420. The van der Waals surface area contributed by atoms with E-state index in [0.29, 0.717) is 12.2 Å². The number of benzene rings is 1. The molecule has 0 bridgehead atoms. The Morgan fingerprint density at radius 2 is 1.76 bits per heavy atom. The van der Waals surface area contributed by atoms with Gasteiger partial charge in [-0.1, -0.05) is 43.0 Å². The SMILES string of the molecule is C=Cc1ccccc1.O=C(O)C=CC(=O)NO. The molecule has 0 aliphatic heterocycles. The first-order valence-electron chi connectivity index (χ1n) is 4.62. The lowest BCUT2D eigenvalue weighted by Crippen LogP contribution is -2.15. The van der Waals surface area contributed by atoms with E-state index in [-0.39, 0.29) is 0 Å². The second kappa shape index (κ2) is 8.87. The molecule has 0 aromatic heterocycles. The van der Waals surface area contributed by atoms with Crippen molar-refractivity contribution in [3.05, 3.63) is 54.6 Å². The van der Waals surface area contributed by atoms with Gasteiger partial charge in [-0.05, 0) is 5.56 Å². The Bertz CT molecular complexity index is 398. The number of hydrogen-bond acceptors (Lipinski definition) is 3. The van der Waals surface area contributed by atoms with E-state index in [0.717, 1.165) is 0 Å². The van der Waals surface area contributed by atoms with Crippen molar-refractivity contribution < 1.29 is 19.9 Å². The summed E-state index contributed by atoms with van der Waals surface area (Å²) in [6, 6.07) is 10.0. The zero-order chi connectivity index (χ0) is 13.1. The largest absolute Gasteiger partial charge is 0.478 e. The highest BCUT2D eigenvalue weighted by molar-refractivity contribution is 5.93. The Morgan fingerprint density at radius 1 is 1.18 bits per heavy atom. The zero-order valence-corrected chi connectivity index (χ0v) is 9.04. The highest BCUT2D eigenvalue weighted by Gasteiger charge is 1.90. The van der Waals surface area contributed by atoms with Crippen LogP contribution in [-0.4, -0.2) is 22.2 Å². The average molecular weight is 235 g/mol. The topological polar surface area (TPSA) is 86.6 Å². The lowest BCUT2D eigenvalue weighted by Gasteiger charge is -1.85. The zero-order valence-electron chi connectivity index (χ0n) is 9.04. The second-order valence-corrected chi connectivity index (χ2v) is 2.76. The number of carbonyl (C=O) groups is 2. The van der Waals surface area contributed by atoms with Crippen LogP contribution < -0.4 is 5.48 Å². The maximum absolute atomic E-state index is 10.0. The molecule has 17 heavy (non-hydrogen) atoms. The average Bonchev–Trinajstić information content (AvgIpc) is 2.37. The van der Waals surface area contributed by atoms with Gasteiger partial charge >= 0.3 is 5.97 Å². The third kappa shape index (κ3) is 8.59. The number of hydroxylamine groups is 1. The molecule has 5 heteroatoms. The van der Waals surface area contributed by atoms with Crippen molar-refractivity contribution in [2.75, 3.05) is 0 Å². The highest BCUT2D eigenvalue weighted by Crippen LogP contribution is 1.97. The molecule has 1 rings (SSSR count). The summed E-state index contributed by atoms with van der Waals surface area (Å²) in [7, 11) is 0. The molecule has 0 spiro atoms. The maximum Gasteiger partial charge on any atom is 0.328 e. The molecule has 0 atom stereocenters. The van der Waals surface area contributed by atoms with Crippen LogP contribution in [0.4, 0.5) is 0 Å². The summed E-state index contributed by atoms with van der Waals surface area (Å²) in [6.45, 7) is 3.63. The number of carbonyl (C=O) groups excluding carboxylic acids is 1. The minimum atomic E-state index is -1.24. The van der Waals surface area contributed by atoms with Crippen molar-refractivity contribution in [3.63, 3.8) is 0 Å². The molecule has 0 unspecified atom stereocenters. The molecule has 1 aromatic rings. The fraction of sp³-hybridized carbons (Fsp3) is 0. The molecule has 0 radical (unpaired) electrons. The number of hydrogen-bond donors (Lipinski definition) is 3. The Balaban J connectivity index is 0.000000302. The molecular formula is C12H13NO4. The highest BCUT2D eigenvalue weighted by atomic mass is 16.5. The van der Waals surface area contributed by atoms with E-state index in [9.17, 15) is 9.59 Å². The predicted octanol–water partition coefficient (Wildman–Crippen LogP) is 1.46. The maximum atomic E-state index is 10.0. The van der Waals surface area contributed by atoms with Crippen LogP contribution >= 0.6 is 0 Å². The van der Waals surface area contributed by atoms with Crippen LogP contribution in [0, 0.1) is 0 Å². The summed E-state index contributed by atoms with van der Waals surface area (Å²) in [5.41, 5.74) is 2.40. The molecular weight excluding hydrogens is 222 g/mol. The van der Waals surface area contributed by atoms with Crippen molar-refractivity contribution in [1.82, 2.24) is 5.48 Å². The summed E-state index contributed by atoms with van der Waals surface area (Å²) >= 11 is 0. The van der Waals surface area contributed by atoms with Gasteiger partial charge in [0, 0.05) is 12.2 Å². The Labute approximate surface area is 98.7 Å². The van der Waals surface area contributed by atoms with Crippen molar-refractivity contribution in [2.45, 2.75) is 0 Å². The van der Waals surface area contributed by atoms with Gasteiger partial charge in [0.05, 0.1) is 0 Å². The number of carboxylic acid groups (broad SMARTS) is 1. The second-order valence-electron chi connectivity index (χ2n) is 2.76. The number of amides is 1. The molecule has 0 heterocycles. The number of nitrogens with one attached hydrogen (secondary N) is 1. The Morgan fingerprint density at radius 3 is 2.12 bits per heavy atom. The molecule has 0 aliphatic rings. The Hall–Kier alpha value is -2.40. The van der Waals surface area contributed by atoms with Gasteiger partial charge in [-0.25, -0.2) is 10.3 Å². The van der Waals surface area contributed by atoms with Crippen molar-refractivity contribution in [2.24, 2.45) is 0 Å². The van der Waals surface area contributed by atoms with Gasteiger partial charge in [-0.2, -0.15) is 0 Å². The van der Waals surface area contributed by atoms with Gasteiger partial charge in [0.25, 0.3) is 5.91 Å². The van der Waals surface area contributed by atoms with Gasteiger partial charge in [0.2, 0.25) is 0 Å². The first kappa shape index (κ1) is 14.6. The predicted molar refractivity (Wildman–Crippen MR) is 63.2 cm³/mol. The normalized spacial score (nSPS) is 9.00. The van der Waals surface area contributed by atoms with Crippen molar-refractivity contribution >= 4 is 18.0 Å². The molecule has 1 amide bonds. The fourth-order valence-corrected chi connectivity index (χ4v) is 0.773. The summed E-state index contributed by atoms with van der Waals surface area (Å²) < 4.78 is 0. The third-order valence-corrected chi connectivity index (χ3v) is 1.52. The van der Waals surface area contributed by atoms with E-state index in [1.54, 1.807) is 0 Å². The number of rotatable bonds is 3. The summed E-state index contributed by atoms with van der Waals surface area (Å²) in [4.78, 5) is 19.7.